The Morgan fingerprint density at radius 2 is 0.923 bits per heavy atom. The number of aliphatic carboxylic acids is 1. The van der Waals surface area contributed by atoms with E-state index < -0.39 is 14.8 Å². The molecule has 7 heteroatoms. The van der Waals surface area contributed by atoms with Crippen LogP contribution in [0.2, 0.25) is 5.54 Å². The van der Waals surface area contributed by atoms with Crippen molar-refractivity contribution in [3.63, 3.8) is 0 Å². The van der Waals surface area contributed by atoms with Crippen LogP contribution in [0, 0.1) is 0 Å². The lowest BCUT2D eigenvalue weighted by molar-refractivity contribution is -0.928. The van der Waals surface area contributed by atoms with Crippen molar-refractivity contribution in [2.75, 3.05) is 47.5 Å². The molecule has 0 N–H and O–H groups in total. The van der Waals surface area contributed by atoms with Crippen molar-refractivity contribution in [2.24, 2.45) is 0 Å². The molecule has 0 bridgehead atoms. The molecular weight excluding hydrogens is 506 g/mol. The lowest BCUT2D eigenvalue weighted by atomic mass is 10.0. The second kappa shape index (κ2) is 27.7. The van der Waals surface area contributed by atoms with Gasteiger partial charge in [-0.2, -0.15) is 0 Å². The predicted molar refractivity (Wildman–Crippen MR) is 167 cm³/mol. The lowest BCUT2D eigenvalue weighted by Gasteiger charge is -2.43. The molecule has 0 rings (SSSR count). The molecular formula is C32H69NO5Si. The first-order valence-corrected chi connectivity index (χ1v) is 18.2. The van der Waals surface area contributed by atoms with Crippen LogP contribution in [0.5, 0.6) is 0 Å². The van der Waals surface area contributed by atoms with Gasteiger partial charge in [0.1, 0.15) is 0 Å². The number of carboxylic acids is 1. The monoisotopic (exact) mass is 575 g/mol. The van der Waals surface area contributed by atoms with Gasteiger partial charge in [-0.15, -0.1) is 0 Å². The fraction of sp³-hybridized carbons (Fsp3) is 0.969. The molecule has 0 aromatic rings. The second-order valence-electron chi connectivity index (χ2n) is 11.6. The molecule has 0 spiro atoms. The Morgan fingerprint density at radius 1 is 0.615 bits per heavy atom. The van der Waals surface area contributed by atoms with Gasteiger partial charge in [-0.25, -0.2) is 0 Å². The lowest BCUT2D eigenvalue weighted by Crippen LogP contribution is -2.57. The summed E-state index contributed by atoms with van der Waals surface area (Å²) < 4.78 is 18.7. The van der Waals surface area contributed by atoms with Crippen LogP contribution in [0.3, 0.4) is 0 Å². The molecule has 0 aromatic heterocycles. The molecule has 0 aromatic carbocycles. The fourth-order valence-electron chi connectivity index (χ4n) is 6.10. The molecule has 0 aliphatic rings. The standard InChI is InChI=1S/C30H66NO3Si.C2H4O2/c1-8-11-12-13-14-15-16-17-18-19-20-21-22-23-24-25-28-31(26-9-2,27-10-3)29-30(4)35(32-5,33-6)34-7;1-2(3)4/h30H,8-29H2,1-7H3;1H3,(H,3,4)/q+1;/p-1. The maximum Gasteiger partial charge on any atom is 0.508 e. The third-order valence-corrected chi connectivity index (χ3v) is 11.1. The van der Waals surface area contributed by atoms with Crippen LogP contribution in [-0.4, -0.2) is 66.8 Å². The van der Waals surface area contributed by atoms with E-state index in [9.17, 15) is 0 Å². The maximum absolute atomic E-state index is 8.89. The summed E-state index contributed by atoms with van der Waals surface area (Å²) >= 11 is 0. The molecule has 0 heterocycles. The SMILES string of the molecule is CC(=O)[O-].CCCCCCCCCCCCCCCCCC[N+](CCC)(CCC)CC(C)[Si](OC)(OC)OC. The second-order valence-corrected chi connectivity index (χ2v) is 15.0. The molecule has 6 nitrogen and oxygen atoms in total. The Kier molecular flexibility index (Phi) is 28.9. The molecule has 0 aliphatic heterocycles. The summed E-state index contributed by atoms with van der Waals surface area (Å²) in [6.07, 6.45) is 25.3. The maximum atomic E-state index is 8.89. The number of rotatable bonds is 27. The highest BCUT2D eigenvalue weighted by molar-refractivity contribution is 6.62. The van der Waals surface area contributed by atoms with E-state index in [2.05, 4.69) is 27.7 Å². The number of hydrogen-bond donors (Lipinski definition) is 0. The molecule has 39 heavy (non-hydrogen) atoms. The fourth-order valence-corrected chi connectivity index (χ4v) is 8.42. The quantitative estimate of drug-likeness (QED) is 0.0565. The van der Waals surface area contributed by atoms with Crippen molar-refractivity contribution < 1.29 is 27.7 Å². The van der Waals surface area contributed by atoms with Gasteiger partial charge in [0, 0.05) is 27.3 Å². The van der Waals surface area contributed by atoms with Crippen molar-refractivity contribution in [3.05, 3.63) is 0 Å². The molecule has 0 aliphatic carbocycles. The van der Waals surface area contributed by atoms with Gasteiger partial charge in [0.2, 0.25) is 0 Å². The Labute approximate surface area is 245 Å². The van der Waals surface area contributed by atoms with Crippen LogP contribution < -0.4 is 5.11 Å². The van der Waals surface area contributed by atoms with Crippen molar-refractivity contribution in [3.8, 4) is 0 Å². The number of unbranched alkanes of at least 4 members (excludes halogenated alkanes) is 15. The van der Waals surface area contributed by atoms with E-state index in [1.807, 2.05) is 0 Å². The largest absolute Gasteiger partial charge is 0.550 e. The van der Waals surface area contributed by atoms with Crippen LogP contribution >= 0.6 is 0 Å². The van der Waals surface area contributed by atoms with Crippen molar-refractivity contribution in [1.82, 2.24) is 0 Å². The van der Waals surface area contributed by atoms with E-state index in [1.165, 1.54) is 140 Å². The third-order valence-electron chi connectivity index (χ3n) is 8.00. The zero-order chi connectivity index (χ0) is 29.8. The van der Waals surface area contributed by atoms with Gasteiger partial charge in [0.05, 0.1) is 31.7 Å². The minimum Gasteiger partial charge on any atom is -0.550 e. The summed E-state index contributed by atoms with van der Waals surface area (Å²) in [5.41, 5.74) is 0.307. The van der Waals surface area contributed by atoms with E-state index in [1.54, 1.807) is 21.3 Å². The molecule has 1 atom stereocenters. The van der Waals surface area contributed by atoms with E-state index in [-0.39, 0.29) is 0 Å². The normalized spacial score (nSPS) is 12.7. The number of carbonyl (C=O) groups is 1. The zero-order valence-electron chi connectivity index (χ0n) is 27.6. The molecule has 0 saturated carbocycles. The van der Waals surface area contributed by atoms with Crippen molar-refractivity contribution >= 4 is 14.8 Å². The van der Waals surface area contributed by atoms with Gasteiger partial charge in [0.25, 0.3) is 0 Å². The average Bonchev–Trinajstić information content (AvgIpc) is 2.90. The molecule has 1 unspecified atom stereocenters. The van der Waals surface area contributed by atoms with Gasteiger partial charge in [-0.3, -0.25) is 0 Å². The number of quaternary nitrogens is 1. The first-order chi connectivity index (χ1) is 18.7. The first-order valence-electron chi connectivity index (χ1n) is 16.4. The first kappa shape index (κ1) is 40.7. The molecule has 0 amide bonds. The highest BCUT2D eigenvalue weighted by atomic mass is 28.4. The molecule has 236 valence electrons. The van der Waals surface area contributed by atoms with Crippen LogP contribution in [0.25, 0.3) is 0 Å². The Morgan fingerprint density at radius 3 is 1.21 bits per heavy atom. The van der Waals surface area contributed by atoms with Crippen LogP contribution in [0.1, 0.15) is 150 Å². The minimum absolute atomic E-state index is 0.307. The number of carboxylic acid groups (broad SMARTS) is 1. The highest BCUT2D eigenvalue weighted by Crippen LogP contribution is 2.29. The predicted octanol–water partition coefficient (Wildman–Crippen LogP) is 7.91. The smallest absolute Gasteiger partial charge is 0.508 e. The number of carbonyl (C=O) groups excluding carboxylic acids is 1. The summed E-state index contributed by atoms with van der Waals surface area (Å²) in [7, 11) is 2.65. The van der Waals surface area contributed by atoms with Gasteiger partial charge in [0.15, 0.2) is 0 Å². The number of nitrogens with zero attached hydrogens (tertiary/aromatic N) is 1. The number of hydrogen-bond acceptors (Lipinski definition) is 5. The third kappa shape index (κ3) is 21.9. The van der Waals surface area contributed by atoms with Gasteiger partial charge < -0.3 is 27.7 Å². The summed E-state index contributed by atoms with van der Waals surface area (Å²) in [5, 5.41) is 8.89. The van der Waals surface area contributed by atoms with E-state index in [4.69, 9.17) is 23.2 Å². The van der Waals surface area contributed by atoms with Gasteiger partial charge in [-0.05, 0) is 32.6 Å². The van der Waals surface area contributed by atoms with E-state index in [0.29, 0.717) is 5.54 Å². The average molecular weight is 576 g/mol. The Hall–Kier alpha value is -0.473. The topological polar surface area (TPSA) is 67.8 Å². The zero-order valence-corrected chi connectivity index (χ0v) is 28.6. The summed E-state index contributed by atoms with van der Waals surface area (Å²) in [5.74, 6) is -1.08. The molecule has 0 saturated heterocycles. The van der Waals surface area contributed by atoms with Crippen LogP contribution in [-0.2, 0) is 18.1 Å². The van der Waals surface area contributed by atoms with Crippen molar-refractivity contribution in [1.29, 1.82) is 0 Å². The van der Waals surface area contributed by atoms with Crippen molar-refractivity contribution in [2.45, 2.75) is 156 Å². The molecule has 0 radical (unpaired) electrons. The van der Waals surface area contributed by atoms with E-state index >= 15 is 0 Å². The minimum atomic E-state index is -2.60. The van der Waals surface area contributed by atoms with Gasteiger partial charge >= 0.3 is 8.80 Å². The Bertz CT molecular complexity index is 512. The van der Waals surface area contributed by atoms with Crippen LogP contribution in [0.15, 0.2) is 0 Å². The highest BCUT2D eigenvalue weighted by Gasteiger charge is 2.48. The summed E-state index contributed by atoms with van der Waals surface area (Å²) in [4.78, 5) is 8.89. The molecule has 0 fully saturated rings. The summed E-state index contributed by atoms with van der Waals surface area (Å²) in [6, 6.07) is 0. The summed E-state index contributed by atoms with van der Waals surface area (Å²) in [6.45, 7) is 15.1. The van der Waals surface area contributed by atoms with E-state index in [0.717, 1.165) is 13.5 Å². The Balaban J connectivity index is 0. The van der Waals surface area contributed by atoms with Crippen LogP contribution in [0.4, 0.5) is 0 Å². The van der Waals surface area contributed by atoms with Gasteiger partial charge in [-0.1, -0.05) is 118 Å².